The molecule has 1 amide bonds. The lowest BCUT2D eigenvalue weighted by Gasteiger charge is -2.13. The summed E-state index contributed by atoms with van der Waals surface area (Å²) in [4.78, 5) is 11.9. The number of hydrogen-bond donors (Lipinski definition) is 1. The van der Waals surface area contributed by atoms with Crippen LogP contribution in [0.1, 0.15) is 31.2 Å². The summed E-state index contributed by atoms with van der Waals surface area (Å²) in [7, 11) is 4.69. The Morgan fingerprint density at radius 2 is 1.68 bits per heavy atom. The third kappa shape index (κ3) is 3.93. The number of carbonyl (C=O) groups is 1. The summed E-state index contributed by atoms with van der Waals surface area (Å²) >= 11 is 0. The molecule has 1 saturated carbocycles. The average Bonchev–Trinajstić information content (AvgIpc) is 3.04. The Morgan fingerprint density at radius 3 is 2.18 bits per heavy atom. The smallest absolute Gasteiger partial charge is 0.244 e. The minimum atomic E-state index is -0.0688. The summed E-state index contributed by atoms with van der Waals surface area (Å²) in [5.41, 5.74) is 0.816. The fourth-order valence-corrected chi connectivity index (χ4v) is 2.69. The predicted molar refractivity (Wildman–Crippen MR) is 85.5 cm³/mol. The van der Waals surface area contributed by atoms with Gasteiger partial charge in [-0.05, 0) is 36.6 Å². The van der Waals surface area contributed by atoms with Gasteiger partial charge in [-0.3, -0.25) is 4.79 Å². The van der Waals surface area contributed by atoms with Gasteiger partial charge in [0.25, 0.3) is 0 Å². The van der Waals surface area contributed by atoms with Crippen molar-refractivity contribution in [3.63, 3.8) is 0 Å². The average molecular weight is 305 g/mol. The SMILES string of the molecule is COc1cc(C=CC(=O)NC2CCCC2)cc(OC)c1OC. The Bertz CT molecular complexity index is 523. The van der Waals surface area contributed by atoms with Gasteiger partial charge in [-0.2, -0.15) is 0 Å². The van der Waals surface area contributed by atoms with Crippen molar-refractivity contribution in [2.24, 2.45) is 0 Å². The molecular weight excluding hydrogens is 282 g/mol. The summed E-state index contributed by atoms with van der Waals surface area (Å²) < 4.78 is 15.9. The molecule has 0 aromatic heterocycles. The Labute approximate surface area is 131 Å². The van der Waals surface area contributed by atoms with Gasteiger partial charge in [0.1, 0.15) is 0 Å². The van der Waals surface area contributed by atoms with Crippen LogP contribution in [0.15, 0.2) is 18.2 Å². The first kappa shape index (κ1) is 16.2. The number of amides is 1. The predicted octanol–water partition coefficient (Wildman–Crippen LogP) is 2.78. The van der Waals surface area contributed by atoms with Gasteiger partial charge < -0.3 is 19.5 Å². The molecule has 1 aliphatic rings. The molecule has 1 aliphatic carbocycles. The van der Waals surface area contributed by atoms with E-state index in [1.54, 1.807) is 45.6 Å². The molecule has 0 unspecified atom stereocenters. The topological polar surface area (TPSA) is 56.8 Å². The molecule has 5 nitrogen and oxygen atoms in total. The van der Waals surface area contributed by atoms with Crippen molar-refractivity contribution in [2.75, 3.05) is 21.3 Å². The molecule has 1 N–H and O–H groups in total. The Hall–Kier alpha value is -2.17. The maximum absolute atomic E-state index is 11.9. The zero-order chi connectivity index (χ0) is 15.9. The van der Waals surface area contributed by atoms with Crippen LogP contribution in [0.3, 0.4) is 0 Å². The summed E-state index contributed by atoms with van der Waals surface area (Å²) in [5, 5.41) is 3.02. The molecular formula is C17H23NO4. The van der Waals surface area contributed by atoms with Gasteiger partial charge in [-0.1, -0.05) is 12.8 Å². The standard InChI is InChI=1S/C17H23NO4/c1-20-14-10-12(11-15(21-2)17(14)22-3)8-9-16(19)18-13-6-4-5-7-13/h8-11,13H,4-7H2,1-3H3,(H,18,19). The highest BCUT2D eigenvalue weighted by molar-refractivity contribution is 5.92. The van der Waals surface area contributed by atoms with Crippen molar-refractivity contribution in [2.45, 2.75) is 31.7 Å². The van der Waals surface area contributed by atoms with Gasteiger partial charge in [-0.15, -0.1) is 0 Å². The summed E-state index contributed by atoms with van der Waals surface area (Å²) in [6.07, 6.45) is 7.82. The molecule has 0 saturated heterocycles. The van der Waals surface area contributed by atoms with Crippen LogP contribution in [0.5, 0.6) is 17.2 Å². The summed E-state index contributed by atoms with van der Waals surface area (Å²) in [6.45, 7) is 0. The largest absolute Gasteiger partial charge is 0.493 e. The highest BCUT2D eigenvalue weighted by Crippen LogP contribution is 2.38. The van der Waals surface area contributed by atoms with Crippen molar-refractivity contribution in [3.8, 4) is 17.2 Å². The molecule has 22 heavy (non-hydrogen) atoms. The van der Waals surface area contributed by atoms with Crippen LogP contribution in [0.4, 0.5) is 0 Å². The first-order chi connectivity index (χ1) is 10.7. The number of ether oxygens (including phenoxy) is 3. The van der Waals surface area contributed by atoms with E-state index in [1.807, 2.05) is 0 Å². The quantitative estimate of drug-likeness (QED) is 0.821. The van der Waals surface area contributed by atoms with Gasteiger partial charge in [0.05, 0.1) is 21.3 Å². The number of carbonyl (C=O) groups excluding carboxylic acids is 1. The lowest BCUT2D eigenvalue weighted by atomic mass is 10.1. The fraction of sp³-hybridized carbons (Fsp3) is 0.471. The molecule has 0 atom stereocenters. The number of hydrogen-bond acceptors (Lipinski definition) is 4. The van der Waals surface area contributed by atoms with E-state index < -0.39 is 0 Å². The molecule has 0 bridgehead atoms. The maximum Gasteiger partial charge on any atom is 0.244 e. The van der Waals surface area contributed by atoms with Gasteiger partial charge in [0.2, 0.25) is 11.7 Å². The van der Waals surface area contributed by atoms with E-state index >= 15 is 0 Å². The Kier molecular flexibility index (Phi) is 5.69. The molecule has 0 aliphatic heterocycles. The van der Waals surface area contributed by atoms with Crippen LogP contribution in [0.2, 0.25) is 0 Å². The lowest BCUT2D eigenvalue weighted by molar-refractivity contribution is -0.117. The lowest BCUT2D eigenvalue weighted by Crippen LogP contribution is -2.30. The van der Waals surface area contributed by atoms with Crippen LogP contribution in [0.25, 0.3) is 6.08 Å². The van der Waals surface area contributed by atoms with Crippen LogP contribution in [0, 0.1) is 0 Å². The molecule has 1 aromatic carbocycles. The number of rotatable bonds is 6. The minimum absolute atomic E-state index is 0.0688. The second-order valence-electron chi connectivity index (χ2n) is 5.28. The number of methoxy groups -OCH3 is 3. The monoisotopic (exact) mass is 305 g/mol. The van der Waals surface area contributed by atoms with Crippen LogP contribution < -0.4 is 19.5 Å². The van der Waals surface area contributed by atoms with Gasteiger partial charge >= 0.3 is 0 Å². The molecule has 120 valence electrons. The van der Waals surface area contributed by atoms with E-state index in [0.29, 0.717) is 23.3 Å². The molecule has 1 fully saturated rings. The zero-order valence-corrected chi connectivity index (χ0v) is 13.3. The van der Waals surface area contributed by atoms with Crippen LogP contribution in [-0.4, -0.2) is 33.3 Å². The zero-order valence-electron chi connectivity index (χ0n) is 13.3. The van der Waals surface area contributed by atoms with Crippen LogP contribution in [-0.2, 0) is 4.79 Å². The summed E-state index contributed by atoms with van der Waals surface area (Å²) in [5.74, 6) is 1.61. The molecule has 0 heterocycles. The minimum Gasteiger partial charge on any atom is -0.493 e. The van der Waals surface area contributed by atoms with Crippen molar-refractivity contribution >= 4 is 12.0 Å². The van der Waals surface area contributed by atoms with Crippen molar-refractivity contribution in [3.05, 3.63) is 23.8 Å². The van der Waals surface area contributed by atoms with E-state index in [-0.39, 0.29) is 5.91 Å². The number of benzene rings is 1. The third-order valence-corrected chi connectivity index (χ3v) is 3.82. The highest BCUT2D eigenvalue weighted by Gasteiger charge is 2.16. The van der Waals surface area contributed by atoms with Crippen LogP contribution >= 0.6 is 0 Å². The van der Waals surface area contributed by atoms with E-state index in [2.05, 4.69) is 5.32 Å². The van der Waals surface area contributed by atoms with Gasteiger partial charge in [0, 0.05) is 12.1 Å². The van der Waals surface area contributed by atoms with Crippen molar-refractivity contribution in [1.82, 2.24) is 5.32 Å². The fourth-order valence-electron chi connectivity index (χ4n) is 2.69. The van der Waals surface area contributed by atoms with Gasteiger partial charge in [0.15, 0.2) is 11.5 Å². The number of nitrogens with one attached hydrogen (secondary N) is 1. The molecule has 0 radical (unpaired) electrons. The van der Waals surface area contributed by atoms with E-state index in [1.165, 1.54) is 12.8 Å². The second kappa shape index (κ2) is 7.73. The molecule has 1 aromatic rings. The summed E-state index contributed by atoms with van der Waals surface area (Å²) in [6, 6.07) is 3.93. The first-order valence-electron chi connectivity index (χ1n) is 7.46. The van der Waals surface area contributed by atoms with Gasteiger partial charge in [-0.25, -0.2) is 0 Å². The molecule has 5 heteroatoms. The van der Waals surface area contributed by atoms with E-state index in [4.69, 9.17) is 14.2 Å². The maximum atomic E-state index is 11.9. The second-order valence-corrected chi connectivity index (χ2v) is 5.28. The normalized spacial score (nSPS) is 15.0. The van der Waals surface area contributed by atoms with Crippen molar-refractivity contribution < 1.29 is 19.0 Å². The van der Waals surface area contributed by atoms with E-state index in [0.717, 1.165) is 18.4 Å². The highest BCUT2D eigenvalue weighted by atomic mass is 16.5. The first-order valence-corrected chi connectivity index (χ1v) is 7.46. The molecule has 2 rings (SSSR count). The van der Waals surface area contributed by atoms with E-state index in [9.17, 15) is 4.79 Å². The Balaban J connectivity index is 2.10. The Morgan fingerprint density at radius 1 is 1.09 bits per heavy atom. The molecule has 0 spiro atoms. The third-order valence-electron chi connectivity index (χ3n) is 3.82. The van der Waals surface area contributed by atoms with Crippen molar-refractivity contribution in [1.29, 1.82) is 0 Å².